The molecule has 7 nitrogen and oxygen atoms in total. The molecule has 1 N–H and O–H groups in total. The maximum absolute atomic E-state index is 13.5. The van der Waals surface area contributed by atoms with Gasteiger partial charge in [-0.1, -0.05) is 30.3 Å². The number of hydrogen-bond acceptors (Lipinski definition) is 4. The van der Waals surface area contributed by atoms with Gasteiger partial charge in [0.2, 0.25) is 0 Å². The molecule has 8 heteroatoms. The van der Waals surface area contributed by atoms with Gasteiger partial charge in [0.1, 0.15) is 5.82 Å². The SMILES string of the molecule is O=C(O)N1CC(c2cc(-c3ccc(F)cc3)nn2-c2ncccn2)CCC1CCc1ccccc1. The van der Waals surface area contributed by atoms with Gasteiger partial charge in [-0.25, -0.2) is 23.8 Å². The fraction of sp³-hybridized carbons (Fsp3) is 0.259. The fourth-order valence-electron chi connectivity index (χ4n) is 4.79. The van der Waals surface area contributed by atoms with Crippen molar-refractivity contribution in [2.24, 2.45) is 0 Å². The van der Waals surface area contributed by atoms with E-state index in [1.807, 2.05) is 24.3 Å². The maximum Gasteiger partial charge on any atom is 0.407 e. The van der Waals surface area contributed by atoms with E-state index in [4.69, 9.17) is 5.10 Å². The summed E-state index contributed by atoms with van der Waals surface area (Å²) in [6.07, 6.45) is 5.59. The van der Waals surface area contributed by atoms with E-state index >= 15 is 0 Å². The van der Waals surface area contributed by atoms with E-state index in [1.165, 1.54) is 17.7 Å². The van der Waals surface area contributed by atoms with Gasteiger partial charge in [-0.15, -0.1) is 0 Å². The summed E-state index contributed by atoms with van der Waals surface area (Å²) in [6, 6.07) is 20.0. The number of piperidine rings is 1. The lowest BCUT2D eigenvalue weighted by Gasteiger charge is -2.38. The normalized spacial score (nSPS) is 17.9. The molecule has 0 saturated carbocycles. The van der Waals surface area contributed by atoms with E-state index < -0.39 is 6.09 Å². The van der Waals surface area contributed by atoms with Crippen LogP contribution in [-0.2, 0) is 6.42 Å². The van der Waals surface area contributed by atoms with Crippen molar-refractivity contribution in [1.82, 2.24) is 24.6 Å². The molecule has 1 aliphatic heterocycles. The molecule has 1 amide bonds. The van der Waals surface area contributed by atoms with E-state index in [0.29, 0.717) is 18.2 Å². The van der Waals surface area contributed by atoms with Gasteiger partial charge in [0.15, 0.2) is 0 Å². The molecule has 2 atom stereocenters. The zero-order valence-corrected chi connectivity index (χ0v) is 19.2. The van der Waals surface area contributed by atoms with Gasteiger partial charge in [-0.2, -0.15) is 5.10 Å². The summed E-state index contributed by atoms with van der Waals surface area (Å²) >= 11 is 0. The third-order valence-electron chi connectivity index (χ3n) is 6.60. The third kappa shape index (κ3) is 5.06. The minimum absolute atomic E-state index is 0.0372. The predicted molar refractivity (Wildman–Crippen MR) is 130 cm³/mol. The molecule has 2 aromatic heterocycles. The predicted octanol–water partition coefficient (Wildman–Crippen LogP) is 5.33. The highest BCUT2D eigenvalue weighted by Gasteiger charge is 2.34. The Hall–Kier alpha value is -4.07. The maximum atomic E-state index is 13.5. The first-order valence-electron chi connectivity index (χ1n) is 11.8. The minimum Gasteiger partial charge on any atom is -0.465 e. The van der Waals surface area contributed by atoms with Crippen LogP contribution >= 0.6 is 0 Å². The second-order valence-corrected chi connectivity index (χ2v) is 8.81. The summed E-state index contributed by atoms with van der Waals surface area (Å²) in [5, 5.41) is 14.7. The van der Waals surface area contributed by atoms with Gasteiger partial charge < -0.3 is 10.0 Å². The molecule has 0 radical (unpaired) electrons. The highest BCUT2D eigenvalue weighted by Crippen LogP contribution is 2.34. The first-order valence-corrected chi connectivity index (χ1v) is 11.8. The summed E-state index contributed by atoms with van der Waals surface area (Å²) in [5.41, 5.74) is 3.50. The average molecular weight is 472 g/mol. The van der Waals surface area contributed by atoms with Crippen molar-refractivity contribution in [3.05, 3.63) is 96.2 Å². The lowest BCUT2D eigenvalue weighted by Crippen LogP contribution is -2.46. The number of benzene rings is 2. The molecule has 1 saturated heterocycles. The molecule has 35 heavy (non-hydrogen) atoms. The lowest BCUT2D eigenvalue weighted by atomic mass is 9.87. The number of amides is 1. The smallest absolute Gasteiger partial charge is 0.407 e. The Morgan fingerprint density at radius 2 is 1.74 bits per heavy atom. The van der Waals surface area contributed by atoms with E-state index in [9.17, 15) is 14.3 Å². The largest absolute Gasteiger partial charge is 0.465 e. The van der Waals surface area contributed by atoms with Gasteiger partial charge in [-0.05, 0) is 67.6 Å². The molecule has 1 fully saturated rings. The fourth-order valence-corrected chi connectivity index (χ4v) is 4.79. The molecule has 5 rings (SSSR count). The molecule has 4 aromatic rings. The van der Waals surface area contributed by atoms with Crippen molar-refractivity contribution in [3.8, 4) is 17.2 Å². The Bertz CT molecular complexity index is 1280. The van der Waals surface area contributed by atoms with E-state index in [-0.39, 0.29) is 17.8 Å². The molecular formula is C27H26FN5O2. The highest BCUT2D eigenvalue weighted by atomic mass is 19.1. The van der Waals surface area contributed by atoms with Crippen molar-refractivity contribution >= 4 is 6.09 Å². The molecule has 1 aliphatic rings. The Balaban J connectivity index is 1.42. The van der Waals surface area contributed by atoms with Crippen LogP contribution in [0.15, 0.2) is 79.1 Å². The van der Waals surface area contributed by atoms with Crippen LogP contribution in [0, 0.1) is 5.82 Å². The average Bonchev–Trinajstić information content (AvgIpc) is 3.34. The number of rotatable bonds is 6. The van der Waals surface area contributed by atoms with Crippen molar-refractivity contribution in [1.29, 1.82) is 0 Å². The number of nitrogens with zero attached hydrogens (tertiary/aromatic N) is 5. The molecule has 0 bridgehead atoms. The van der Waals surface area contributed by atoms with E-state index in [2.05, 4.69) is 22.1 Å². The van der Waals surface area contributed by atoms with Gasteiger partial charge in [0, 0.05) is 36.5 Å². The standard InChI is InChI=1S/C27H26FN5O2/c28-22-11-8-20(9-12-22)24-17-25(33(31-24)26-29-15-4-16-30-26)21-10-14-23(32(18-21)27(34)35)13-7-19-5-2-1-3-6-19/h1-6,8-9,11-12,15-17,21,23H,7,10,13-14,18H2,(H,34,35). The Morgan fingerprint density at radius 1 is 1.00 bits per heavy atom. The Kier molecular flexibility index (Phi) is 6.52. The zero-order chi connectivity index (χ0) is 24.2. The van der Waals surface area contributed by atoms with Crippen LogP contribution in [0.4, 0.5) is 9.18 Å². The second kappa shape index (κ2) is 10.0. The van der Waals surface area contributed by atoms with E-state index in [1.54, 1.807) is 40.2 Å². The van der Waals surface area contributed by atoms with Crippen LogP contribution < -0.4 is 0 Å². The van der Waals surface area contributed by atoms with Crippen LogP contribution in [0.1, 0.15) is 36.4 Å². The molecule has 178 valence electrons. The van der Waals surface area contributed by atoms with Crippen LogP contribution in [0.2, 0.25) is 0 Å². The van der Waals surface area contributed by atoms with Crippen LogP contribution in [-0.4, -0.2) is 48.4 Å². The number of aryl methyl sites for hydroxylation is 1. The van der Waals surface area contributed by atoms with Crippen molar-refractivity contribution in [2.45, 2.75) is 37.6 Å². The van der Waals surface area contributed by atoms with Gasteiger partial charge in [0.25, 0.3) is 5.95 Å². The molecule has 3 heterocycles. The molecule has 0 spiro atoms. The molecular weight excluding hydrogens is 445 g/mol. The number of carbonyl (C=O) groups is 1. The van der Waals surface area contributed by atoms with Crippen LogP contribution in [0.5, 0.6) is 0 Å². The first-order chi connectivity index (χ1) is 17.1. The van der Waals surface area contributed by atoms with Crippen molar-refractivity contribution in [2.75, 3.05) is 6.54 Å². The number of likely N-dealkylation sites (tertiary alicyclic amines) is 1. The van der Waals surface area contributed by atoms with Crippen molar-refractivity contribution in [3.63, 3.8) is 0 Å². The van der Waals surface area contributed by atoms with Crippen LogP contribution in [0.25, 0.3) is 17.2 Å². The molecule has 2 aromatic carbocycles. The highest BCUT2D eigenvalue weighted by molar-refractivity contribution is 5.66. The monoisotopic (exact) mass is 471 g/mol. The van der Waals surface area contributed by atoms with Gasteiger partial charge in [0.05, 0.1) is 11.4 Å². The number of halogens is 1. The first kappa shape index (κ1) is 22.7. The Morgan fingerprint density at radius 3 is 2.46 bits per heavy atom. The quantitative estimate of drug-likeness (QED) is 0.411. The summed E-state index contributed by atoms with van der Waals surface area (Å²) in [4.78, 5) is 22.5. The minimum atomic E-state index is -0.909. The van der Waals surface area contributed by atoms with Crippen molar-refractivity contribution < 1.29 is 14.3 Å². The number of hydrogen-bond donors (Lipinski definition) is 1. The summed E-state index contributed by atoms with van der Waals surface area (Å²) < 4.78 is 15.2. The number of carboxylic acid groups (broad SMARTS) is 1. The molecule has 2 unspecified atom stereocenters. The number of aromatic nitrogens is 4. The second-order valence-electron chi connectivity index (χ2n) is 8.81. The lowest BCUT2D eigenvalue weighted by molar-refractivity contribution is 0.0954. The van der Waals surface area contributed by atoms with Crippen LogP contribution in [0.3, 0.4) is 0 Å². The van der Waals surface area contributed by atoms with Gasteiger partial charge in [-0.3, -0.25) is 0 Å². The zero-order valence-electron chi connectivity index (χ0n) is 19.2. The Labute approximate surface area is 202 Å². The summed E-state index contributed by atoms with van der Waals surface area (Å²) in [5.74, 6) is 0.0410. The summed E-state index contributed by atoms with van der Waals surface area (Å²) in [6.45, 7) is 0.371. The topological polar surface area (TPSA) is 84.1 Å². The van der Waals surface area contributed by atoms with E-state index in [0.717, 1.165) is 36.9 Å². The summed E-state index contributed by atoms with van der Waals surface area (Å²) in [7, 11) is 0. The third-order valence-corrected chi connectivity index (χ3v) is 6.60. The molecule has 0 aliphatic carbocycles. The van der Waals surface area contributed by atoms with Gasteiger partial charge >= 0.3 is 6.09 Å².